The fraction of sp³-hybridized carbons (Fsp3) is 0.429. The lowest BCUT2D eigenvalue weighted by atomic mass is 10.1. The quantitative estimate of drug-likeness (QED) is 0.760. The molecule has 0 radical (unpaired) electrons. The number of benzene rings is 1. The molecule has 1 aliphatic heterocycles. The monoisotopic (exact) mass is 385 g/mol. The number of nitrogens with two attached hydrogens (primary N) is 1. The van der Waals surface area contributed by atoms with E-state index in [0.29, 0.717) is 26.2 Å². The van der Waals surface area contributed by atoms with Crippen LogP contribution in [0.3, 0.4) is 0 Å². The standard InChI is InChI=1S/C21H27N3O2S/c22-11-4-12-23(15-17-5-2-1-3-6-17)20(25)7-8-21(26)24-13-9-19-18(16-24)10-14-27-19/h1-3,5-6,10,14H,4,7-9,11-13,15-16,22H2. The molecule has 0 fully saturated rings. The third-order valence-electron chi connectivity index (χ3n) is 4.91. The lowest BCUT2D eigenvalue weighted by Gasteiger charge is -2.28. The highest BCUT2D eigenvalue weighted by Crippen LogP contribution is 2.24. The van der Waals surface area contributed by atoms with E-state index in [-0.39, 0.29) is 24.7 Å². The first-order chi connectivity index (χ1) is 13.2. The average Bonchev–Trinajstić information content (AvgIpc) is 3.17. The van der Waals surface area contributed by atoms with Crippen molar-refractivity contribution in [1.82, 2.24) is 9.80 Å². The van der Waals surface area contributed by atoms with Gasteiger partial charge in [0.15, 0.2) is 0 Å². The molecule has 2 N–H and O–H groups in total. The summed E-state index contributed by atoms with van der Waals surface area (Å²) in [7, 11) is 0. The van der Waals surface area contributed by atoms with Crippen molar-refractivity contribution in [3.63, 3.8) is 0 Å². The largest absolute Gasteiger partial charge is 0.338 e. The summed E-state index contributed by atoms with van der Waals surface area (Å²) in [4.78, 5) is 30.4. The average molecular weight is 386 g/mol. The highest BCUT2D eigenvalue weighted by molar-refractivity contribution is 7.10. The van der Waals surface area contributed by atoms with Crippen molar-refractivity contribution in [2.24, 2.45) is 5.73 Å². The van der Waals surface area contributed by atoms with Crippen LogP contribution in [0.1, 0.15) is 35.3 Å². The zero-order chi connectivity index (χ0) is 19.1. The smallest absolute Gasteiger partial charge is 0.223 e. The molecule has 3 rings (SSSR count). The van der Waals surface area contributed by atoms with Crippen LogP contribution in [0.15, 0.2) is 41.8 Å². The van der Waals surface area contributed by atoms with E-state index < -0.39 is 0 Å². The summed E-state index contributed by atoms with van der Waals surface area (Å²) in [6.45, 7) is 3.17. The number of carbonyl (C=O) groups excluding carboxylic acids is 2. The first-order valence-electron chi connectivity index (χ1n) is 9.52. The Bertz CT molecular complexity index is 760. The third kappa shape index (κ3) is 5.40. The minimum Gasteiger partial charge on any atom is -0.338 e. The number of carbonyl (C=O) groups is 2. The van der Waals surface area contributed by atoms with Gasteiger partial charge in [-0.2, -0.15) is 0 Å². The molecule has 1 aromatic carbocycles. The molecule has 27 heavy (non-hydrogen) atoms. The van der Waals surface area contributed by atoms with Gasteiger partial charge in [0.1, 0.15) is 0 Å². The second kappa shape index (κ2) is 9.67. The van der Waals surface area contributed by atoms with Gasteiger partial charge in [0.25, 0.3) is 0 Å². The van der Waals surface area contributed by atoms with Crippen LogP contribution in [-0.2, 0) is 29.1 Å². The number of nitrogens with zero attached hydrogens (tertiary/aromatic N) is 2. The maximum atomic E-state index is 12.7. The van der Waals surface area contributed by atoms with Crippen molar-refractivity contribution in [2.75, 3.05) is 19.6 Å². The number of fused-ring (bicyclic) bond motifs is 1. The number of hydrogen-bond acceptors (Lipinski definition) is 4. The minimum atomic E-state index is 0.0221. The molecule has 0 saturated heterocycles. The number of hydrogen-bond donors (Lipinski definition) is 1. The van der Waals surface area contributed by atoms with E-state index in [2.05, 4.69) is 11.4 Å². The van der Waals surface area contributed by atoms with Gasteiger partial charge in [0.05, 0.1) is 0 Å². The Morgan fingerprint density at radius 3 is 2.74 bits per heavy atom. The molecule has 2 heterocycles. The Kier molecular flexibility index (Phi) is 7.01. The van der Waals surface area contributed by atoms with Crippen molar-refractivity contribution < 1.29 is 9.59 Å². The van der Waals surface area contributed by atoms with E-state index >= 15 is 0 Å². The van der Waals surface area contributed by atoms with Gasteiger partial charge in [-0.3, -0.25) is 9.59 Å². The lowest BCUT2D eigenvalue weighted by Crippen LogP contribution is -2.37. The molecule has 5 nitrogen and oxygen atoms in total. The molecule has 2 amide bonds. The summed E-state index contributed by atoms with van der Waals surface area (Å²) in [5.41, 5.74) is 7.96. The Morgan fingerprint density at radius 1 is 1.15 bits per heavy atom. The van der Waals surface area contributed by atoms with Crippen molar-refractivity contribution in [3.05, 3.63) is 57.8 Å². The second-order valence-electron chi connectivity index (χ2n) is 6.88. The summed E-state index contributed by atoms with van der Waals surface area (Å²) >= 11 is 1.76. The molecule has 6 heteroatoms. The third-order valence-corrected chi connectivity index (χ3v) is 5.94. The number of rotatable bonds is 8. The summed E-state index contributed by atoms with van der Waals surface area (Å²) in [5, 5.41) is 2.08. The van der Waals surface area contributed by atoms with Crippen LogP contribution >= 0.6 is 11.3 Å². The van der Waals surface area contributed by atoms with Crippen molar-refractivity contribution in [3.8, 4) is 0 Å². The van der Waals surface area contributed by atoms with Crippen molar-refractivity contribution in [1.29, 1.82) is 0 Å². The summed E-state index contributed by atoms with van der Waals surface area (Å²) < 4.78 is 0. The Labute approximate surface area is 164 Å². The molecule has 1 aliphatic rings. The van der Waals surface area contributed by atoms with E-state index in [9.17, 15) is 9.59 Å². The van der Waals surface area contributed by atoms with Crippen LogP contribution in [0.25, 0.3) is 0 Å². The predicted molar refractivity (Wildman–Crippen MR) is 108 cm³/mol. The van der Waals surface area contributed by atoms with E-state index in [1.165, 1.54) is 10.4 Å². The maximum absolute atomic E-state index is 12.7. The van der Waals surface area contributed by atoms with Crippen molar-refractivity contribution >= 4 is 23.2 Å². The van der Waals surface area contributed by atoms with Crippen LogP contribution in [0.4, 0.5) is 0 Å². The summed E-state index contributed by atoms with van der Waals surface area (Å²) in [6, 6.07) is 12.0. The zero-order valence-corrected chi connectivity index (χ0v) is 16.4. The molecule has 0 unspecified atom stereocenters. The van der Waals surface area contributed by atoms with Gasteiger partial charge in [-0.25, -0.2) is 0 Å². The fourth-order valence-corrected chi connectivity index (χ4v) is 4.26. The minimum absolute atomic E-state index is 0.0221. The van der Waals surface area contributed by atoms with E-state index in [1.54, 1.807) is 11.3 Å². The maximum Gasteiger partial charge on any atom is 0.223 e. The molecular weight excluding hydrogens is 358 g/mol. The first-order valence-corrected chi connectivity index (χ1v) is 10.4. The number of thiophene rings is 1. The molecule has 0 bridgehead atoms. The van der Waals surface area contributed by atoms with Gasteiger partial charge in [-0.1, -0.05) is 30.3 Å². The molecule has 144 valence electrons. The lowest BCUT2D eigenvalue weighted by molar-refractivity contribution is -0.137. The van der Waals surface area contributed by atoms with Crippen molar-refractivity contribution in [2.45, 2.75) is 38.8 Å². The highest BCUT2D eigenvalue weighted by atomic mass is 32.1. The Hall–Kier alpha value is -2.18. The molecule has 0 saturated carbocycles. The second-order valence-corrected chi connectivity index (χ2v) is 7.88. The topological polar surface area (TPSA) is 66.6 Å². The van der Waals surface area contributed by atoms with Gasteiger partial charge < -0.3 is 15.5 Å². The van der Waals surface area contributed by atoms with E-state index in [1.807, 2.05) is 40.1 Å². The summed E-state index contributed by atoms with van der Waals surface area (Å²) in [5.74, 6) is 0.0903. The summed E-state index contributed by atoms with van der Waals surface area (Å²) in [6.07, 6.45) is 2.21. The molecule has 2 aromatic rings. The van der Waals surface area contributed by atoms with Gasteiger partial charge in [-0.05, 0) is 42.0 Å². The molecule has 1 aromatic heterocycles. The Balaban J connectivity index is 1.53. The predicted octanol–water partition coefficient (Wildman–Crippen LogP) is 2.79. The molecule has 0 spiro atoms. The molecule has 0 aliphatic carbocycles. The SMILES string of the molecule is NCCCN(Cc1ccccc1)C(=O)CCC(=O)N1CCc2sccc2C1. The highest BCUT2D eigenvalue weighted by Gasteiger charge is 2.23. The van der Waals surface area contributed by atoms with Gasteiger partial charge >= 0.3 is 0 Å². The molecular formula is C21H27N3O2S. The van der Waals surface area contributed by atoms with E-state index in [0.717, 1.165) is 24.9 Å². The van der Waals surface area contributed by atoms with Crippen LogP contribution < -0.4 is 5.73 Å². The Morgan fingerprint density at radius 2 is 1.96 bits per heavy atom. The van der Waals surface area contributed by atoms with Gasteiger partial charge in [0, 0.05) is 43.9 Å². The van der Waals surface area contributed by atoms with Crippen LogP contribution in [0.5, 0.6) is 0 Å². The van der Waals surface area contributed by atoms with Gasteiger partial charge in [-0.15, -0.1) is 11.3 Å². The molecule has 0 atom stereocenters. The van der Waals surface area contributed by atoms with Crippen LogP contribution in [-0.4, -0.2) is 41.2 Å². The zero-order valence-electron chi connectivity index (χ0n) is 15.6. The fourth-order valence-electron chi connectivity index (χ4n) is 3.37. The van der Waals surface area contributed by atoms with E-state index in [4.69, 9.17) is 5.73 Å². The van der Waals surface area contributed by atoms with Gasteiger partial charge in [0.2, 0.25) is 11.8 Å². The normalized spacial score (nSPS) is 13.3. The van der Waals surface area contributed by atoms with Crippen LogP contribution in [0.2, 0.25) is 0 Å². The first kappa shape index (κ1) is 19.6. The number of amides is 2. The van der Waals surface area contributed by atoms with Crippen LogP contribution in [0, 0.1) is 0 Å².